The molecule has 0 unspecified atom stereocenters. The number of hydrogen-bond donors (Lipinski definition) is 2. The van der Waals surface area contributed by atoms with Gasteiger partial charge in [-0.05, 0) is 56.4 Å². The highest BCUT2D eigenvalue weighted by molar-refractivity contribution is 5.94. The average molecular weight is 383 g/mol. The maximum absolute atomic E-state index is 11.5. The summed E-state index contributed by atoms with van der Waals surface area (Å²) in [4.78, 5) is 11.5. The monoisotopic (exact) mass is 383 g/mol. The molecular weight excluding hydrogens is 354 g/mol. The van der Waals surface area contributed by atoms with Crippen molar-refractivity contribution < 1.29 is 19.4 Å². The second-order valence-corrected chi connectivity index (χ2v) is 7.52. The molecule has 0 aromatic heterocycles. The molecule has 1 aliphatic rings. The van der Waals surface area contributed by atoms with Gasteiger partial charge in [0, 0.05) is 18.2 Å². The van der Waals surface area contributed by atoms with Gasteiger partial charge in [-0.25, -0.2) is 0 Å². The van der Waals surface area contributed by atoms with E-state index < -0.39 is 6.10 Å². The maximum atomic E-state index is 11.5. The van der Waals surface area contributed by atoms with Gasteiger partial charge in [0.25, 0.3) is 0 Å². The molecule has 150 valence electrons. The molecule has 3 rings (SSSR count). The summed E-state index contributed by atoms with van der Waals surface area (Å²) in [6.45, 7) is 4.19. The minimum Gasteiger partial charge on any atom is -0.493 e. The second kappa shape index (κ2) is 9.22. The Bertz CT molecular complexity index is 799. The van der Waals surface area contributed by atoms with Gasteiger partial charge in [0.15, 0.2) is 17.3 Å². The van der Waals surface area contributed by atoms with E-state index in [0.717, 1.165) is 0 Å². The van der Waals surface area contributed by atoms with Crippen LogP contribution in [0.4, 0.5) is 0 Å². The minimum atomic E-state index is -0.649. The van der Waals surface area contributed by atoms with E-state index in [-0.39, 0.29) is 18.4 Å². The molecule has 0 bridgehead atoms. The zero-order valence-corrected chi connectivity index (χ0v) is 16.8. The molecule has 2 N–H and O–H groups in total. The largest absolute Gasteiger partial charge is 0.493 e. The van der Waals surface area contributed by atoms with Crippen molar-refractivity contribution >= 4 is 5.78 Å². The fourth-order valence-electron chi connectivity index (χ4n) is 3.27. The molecule has 1 aliphatic carbocycles. The predicted molar refractivity (Wildman–Crippen MR) is 109 cm³/mol. The molecule has 1 saturated carbocycles. The highest BCUT2D eigenvalue weighted by atomic mass is 16.5. The SMILES string of the molecule is COc1cc(C(C)=O)ccc1OC[C@@H](O)CN[C@@H](c1ccc(C)cc1)C1CC1. The minimum absolute atomic E-state index is 0.0312. The lowest BCUT2D eigenvalue weighted by Gasteiger charge is -2.22. The Morgan fingerprint density at radius 3 is 2.50 bits per heavy atom. The van der Waals surface area contributed by atoms with Crippen LogP contribution in [0.15, 0.2) is 42.5 Å². The fraction of sp³-hybridized carbons (Fsp3) is 0.435. The molecule has 2 aromatic carbocycles. The first-order valence-corrected chi connectivity index (χ1v) is 9.77. The smallest absolute Gasteiger partial charge is 0.161 e. The summed E-state index contributed by atoms with van der Waals surface area (Å²) in [6, 6.07) is 13.9. The highest BCUT2D eigenvalue weighted by Gasteiger charge is 2.32. The molecule has 0 radical (unpaired) electrons. The third-order valence-electron chi connectivity index (χ3n) is 5.10. The van der Waals surface area contributed by atoms with Gasteiger partial charge in [0.2, 0.25) is 0 Å². The van der Waals surface area contributed by atoms with Crippen molar-refractivity contribution in [3.05, 3.63) is 59.2 Å². The van der Waals surface area contributed by atoms with E-state index in [9.17, 15) is 9.90 Å². The van der Waals surface area contributed by atoms with Gasteiger partial charge in [-0.15, -0.1) is 0 Å². The molecule has 2 atom stereocenters. The maximum Gasteiger partial charge on any atom is 0.161 e. The van der Waals surface area contributed by atoms with E-state index in [2.05, 4.69) is 36.5 Å². The molecule has 0 amide bonds. The van der Waals surface area contributed by atoms with Gasteiger partial charge >= 0.3 is 0 Å². The van der Waals surface area contributed by atoms with Crippen LogP contribution in [0.3, 0.4) is 0 Å². The van der Waals surface area contributed by atoms with Crippen LogP contribution in [0, 0.1) is 12.8 Å². The van der Waals surface area contributed by atoms with Crippen molar-refractivity contribution in [1.82, 2.24) is 5.32 Å². The van der Waals surface area contributed by atoms with Crippen LogP contribution in [0.1, 0.15) is 47.3 Å². The number of aryl methyl sites for hydroxylation is 1. The first-order valence-electron chi connectivity index (χ1n) is 9.77. The van der Waals surface area contributed by atoms with E-state index in [4.69, 9.17) is 9.47 Å². The average Bonchev–Trinajstić information content (AvgIpc) is 3.52. The number of methoxy groups -OCH3 is 1. The predicted octanol–water partition coefficient (Wildman–Crippen LogP) is 3.69. The van der Waals surface area contributed by atoms with Gasteiger partial charge in [0.1, 0.15) is 12.7 Å². The van der Waals surface area contributed by atoms with Crippen molar-refractivity contribution in [3.8, 4) is 11.5 Å². The van der Waals surface area contributed by atoms with Crippen molar-refractivity contribution in [3.63, 3.8) is 0 Å². The molecule has 0 saturated heterocycles. The summed E-state index contributed by atoms with van der Waals surface area (Å²) < 4.78 is 11.0. The summed E-state index contributed by atoms with van der Waals surface area (Å²) in [5.41, 5.74) is 3.08. The number of carbonyl (C=O) groups is 1. The Labute approximate surface area is 166 Å². The van der Waals surface area contributed by atoms with Crippen LogP contribution >= 0.6 is 0 Å². The third kappa shape index (κ3) is 5.33. The Morgan fingerprint density at radius 1 is 1.18 bits per heavy atom. The lowest BCUT2D eigenvalue weighted by Crippen LogP contribution is -2.34. The number of nitrogens with one attached hydrogen (secondary N) is 1. The zero-order chi connectivity index (χ0) is 20.1. The Morgan fingerprint density at radius 2 is 1.89 bits per heavy atom. The molecule has 0 aliphatic heterocycles. The molecular formula is C23H29NO4. The van der Waals surface area contributed by atoms with E-state index in [0.29, 0.717) is 29.5 Å². The Kier molecular flexibility index (Phi) is 6.70. The molecule has 28 heavy (non-hydrogen) atoms. The van der Waals surface area contributed by atoms with E-state index in [1.54, 1.807) is 18.2 Å². The van der Waals surface area contributed by atoms with E-state index in [1.165, 1.54) is 38.0 Å². The number of hydrogen-bond acceptors (Lipinski definition) is 5. The van der Waals surface area contributed by atoms with Crippen molar-refractivity contribution in [2.45, 2.75) is 38.8 Å². The van der Waals surface area contributed by atoms with Crippen molar-refractivity contribution in [1.29, 1.82) is 0 Å². The van der Waals surface area contributed by atoms with Gasteiger partial charge in [-0.3, -0.25) is 4.79 Å². The molecule has 1 fully saturated rings. The normalized spacial score (nSPS) is 15.7. The third-order valence-corrected chi connectivity index (χ3v) is 5.10. The number of Topliss-reactive ketones (excluding diaryl/α,β-unsaturated/α-hetero) is 1. The number of ether oxygens (including phenoxy) is 2. The fourth-order valence-corrected chi connectivity index (χ4v) is 3.27. The zero-order valence-electron chi connectivity index (χ0n) is 16.8. The Balaban J connectivity index is 1.54. The Hall–Kier alpha value is -2.37. The van der Waals surface area contributed by atoms with Crippen LogP contribution in [0.25, 0.3) is 0 Å². The van der Waals surface area contributed by atoms with E-state index in [1.807, 2.05) is 0 Å². The number of rotatable bonds is 10. The first kappa shape index (κ1) is 20.4. The van der Waals surface area contributed by atoms with Crippen LogP contribution in [0.5, 0.6) is 11.5 Å². The van der Waals surface area contributed by atoms with Crippen LogP contribution in [-0.2, 0) is 0 Å². The molecule has 5 heteroatoms. The van der Waals surface area contributed by atoms with Crippen LogP contribution in [-0.4, -0.2) is 37.3 Å². The summed E-state index contributed by atoms with van der Waals surface area (Å²) in [5.74, 6) is 1.61. The lowest BCUT2D eigenvalue weighted by molar-refractivity contribution is 0.0998. The van der Waals surface area contributed by atoms with Crippen LogP contribution in [0.2, 0.25) is 0 Å². The number of ketones is 1. The second-order valence-electron chi connectivity index (χ2n) is 7.52. The van der Waals surface area contributed by atoms with Gasteiger partial charge in [-0.1, -0.05) is 29.8 Å². The molecule has 5 nitrogen and oxygen atoms in total. The summed E-state index contributed by atoms with van der Waals surface area (Å²) in [7, 11) is 1.53. The first-order chi connectivity index (χ1) is 13.5. The summed E-state index contributed by atoms with van der Waals surface area (Å²) in [5, 5.41) is 13.9. The van der Waals surface area contributed by atoms with Gasteiger partial charge < -0.3 is 19.9 Å². The molecule has 2 aromatic rings. The lowest BCUT2D eigenvalue weighted by atomic mass is 10.0. The van der Waals surface area contributed by atoms with Crippen molar-refractivity contribution in [2.24, 2.45) is 5.92 Å². The van der Waals surface area contributed by atoms with Gasteiger partial charge in [-0.2, -0.15) is 0 Å². The summed E-state index contributed by atoms with van der Waals surface area (Å²) in [6.07, 6.45) is 1.79. The number of benzene rings is 2. The standard InChI is InChI=1S/C23H29NO4/c1-15-4-6-17(7-5-15)23(18-8-9-18)24-13-20(26)14-28-21-11-10-19(16(2)25)12-22(21)27-3/h4-7,10-12,18,20,23-24,26H,8-9,13-14H2,1-3H3/t20-,23-/m0/s1. The van der Waals surface area contributed by atoms with Crippen LogP contribution < -0.4 is 14.8 Å². The number of aliphatic hydroxyl groups is 1. The van der Waals surface area contributed by atoms with E-state index >= 15 is 0 Å². The molecule has 0 heterocycles. The molecule has 0 spiro atoms. The number of aliphatic hydroxyl groups excluding tert-OH is 1. The number of carbonyl (C=O) groups excluding carboxylic acids is 1. The van der Waals surface area contributed by atoms with Crippen molar-refractivity contribution in [2.75, 3.05) is 20.3 Å². The summed E-state index contributed by atoms with van der Waals surface area (Å²) >= 11 is 0. The highest BCUT2D eigenvalue weighted by Crippen LogP contribution is 2.41. The quantitative estimate of drug-likeness (QED) is 0.613. The topological polar surface area (TPSA) is 67.8 Å². The van der Waals surface area contributed by atoms with Gasteiger partial charge in [0.05, 0.1) is 7.11 Å².